The van der Waals surface area contributed by atoms with Gasteiger partial charge in [-0.3, -0.25) is 0 Å². The van der Waals surface area contributed by atoms with Gasteiger partial charge in [0.25, 0.3) is 0 Å². The van der Waals surface area contributed by atoms with E-state index in [1.165, 1.54) is 5.56 Å². The highest BCUT2D eigenvalue weighted by Gasteiger charge is 2.29. The van der Waals surface area contributed by atoms with E-state index in [0.717, 1.165) is 94.7 Å². The maximum Gasteiger partial charge on any atom is 0.143 e. The molecule has 0 fully saturated rings. The Morgan fingerprint density at radius 3 is 1.43 bits per heavy atom. The molecule has 0 bridgehead atoms. The summed E-state index contributed by atoms with van der Waals surface area (Å²) in [5.74, 6) is 0. The van der Waals surface area contributed by atoms with Crippen LogP contribution < -0.4 is 9.80 Å². The van der Waals surface area contributed by atoms with Crippen molar-refractivity contribution in [1.82, 2.24) is 0 Å². The van der Waals surface area contributed by atoms with Gasteiger partial charge in [-0.05, 0) is 82.2 Å². The zero-order valence-corrected chi connectivity index (χ0v) is 33.4. The van der Waals surface area contributed by atoms with Gasteiger partial charge in [0.15, 0.2) is 0 Å². The van der Waals surface area contributed by atoms with Gasteiger partial charge in [-0.15, -0.1) is 0 Å². The van der Waals surface area contributed by atoms with E-state index in [1.54, 1.807) is 0 Å². The van der Waals surface area contributed by atoms with Crippen molar-refractivity contribution in [3.8, 4) is 33.4 Å². The summed E-state index contributed by atoms with van der Waals surface area (Å²) in [6.07, 6.45) is 0. The van der Waals surface area contributed by atoms with Gasteiger partial charge in [0.2, 0.25) is 0 Å². The summed E-state index contributed by atoms with van der Waals surface area (Å²) in [4.78, 5) is 4.88. The molecule has 0 unspecified atom stereocenters. The summed E-state index contributed by atoms with van der Waals surface area (Å²) in [5, 5.41) is 4.32. The molecule has 1 heterocycles. The molecule has 288 valence electrons. The van der Waals surface area contributed by atoms with Crippen LogP contribution in [0.1, 0.15) is 0 Å². The average Bonchev–Trinajstić information content (AvgIpc) is 3.74. The number of hydrogen-bond donors (Lipinski definition) is 0. The molecule has 0 aliphatic carbocycles. The molecule has 10 aromatic carbocycles. The zero-order chi connectivity index (χ0) is 40.5. The molecule has 0 N–H and O–H groups in total. The van der Waals surface area contributed by atoms with Crippen LogP contribution in [0.15, 0.2) is 247 Å². The fourth-order valence-electron chi connectivity index (χ4n) is 8.84. The molecule has 0 aliphatic heterocycles. The second-order valence-electron chi connectivity index (χ2n) is 15.3. The summed E-state index contributed by atoms with van der Waals surface area (Å²) in [6, 6.07) is 86.5. The number of fused-ring (bicyclic) bond motifs is 5. The highest BCUT2D eigenvalue weighted by molar-refractivity contribution is 6.22. The molecule has 61 heavy (non-hydrogen) atoms. The molecule has 0 atom stereocenters. The summed E-state index contributed by atoms with van der Waals surface area (Å²) in [7, 11) is 0. The van der Waals surface area contributed by atoms with Crippen molar-refractivity contribution in [3.63, 3.8) is 0 Å². The van der Waals surface area contributed by atoms with E-state index in [2.05, 4.69) is 252 Å². The Hall–Kier alpha value is -8.14. The monoisotopic (exact) mass is 780 g/mol. The number of furan rings is 1. The molecular weight excluding hydrogens is 741 g/mol. The molecule has 1 aromatic heterocycles. The summed E-state index contributed by atoms with van der Waals surface area (Å²) < 4.78 is 7.00. The van der Waals surface area contributed by atoms with E-state index in [1.807, 2.05) is 0 Å². The second kappa shape index (κ2) is 15.6. The third-order valence-corrected chi connectivity index (χ3v) is 11.7. The first-order valence-electron chi connectivity index (χ1n) is 20.8. The largest absolute Gasteiger partial charge is 0.455 e. The molecular formula is C58H40N2O. The van der Waals surface area contributed by atoms with E-state index in [4.69, 9.17) is 4.42 Å². The minimum atomic E-state index is 0.818. The maximum atomic E-state index is 7.00. The van der Waals surface area contributed by atoms with Crippen molar-refractivity contribution in [1.29, 1.82) is 0 Å². The molecule has 3 heteroatoms. The Balaban J connectivity index is 1.28. The summed E-state index contributed by atoms with van der Waals surface area (Å²) >= 11 is 0. The van der Waals surface area contributed by atoms with E-state index in [-0.39, 0.29) is 0 Å². The lowest BCUT2D eigenvalue weighted by Gasteiger charge is -2.35. The molecule has 0 radical (unpaired) electrons. The first-order chi connectivity index (χ1) is 30.3. The molecule has 0 aliphatic rings. The summed E-state index contributed by atoms with van der Waals surface area (Å²) in [5.41, 5.74) is 14.8. The Morgan fingerprint density at radius 1 is 0.295 bits per heavy atom. The Bertz CT molecular complexity index is 3290. The first-order valence-corrected chi connectivity index (χ1v) is 20.8. The quantitative estimate of drug-likeness (QED) is 0.145. The van der Waals surface area contributed by atoms with E-state index in [0.29, 0.717) is 0 Å². The Morgan fingerprint density at radius 2 is 0.787 bits per heavy atom. The SMILES string of the molecule is c1ccc(-c2ccc(N(c3ccccc3-c3ccccc3)c3ccc4oc5c6ccccc6ccc5c4c3N(c3ccccc3)c3ccccc3-c3ccccc3)cc2)cc1. The van der Waals surface area contributed by atoms with E-state index in [9.17, 15) is 0 Å². The molecule has 0 saturated carbocycles. The molecule has 11 aromatic rings. The predicted molar refractivity (Wildman–Crippen MR) is 257 cm³/mol. The third-order valence-electron chi connectivity index (χ3n) is 11.7. The Labute approximate surface area is 355 Å². The van der Waals surface area contributed by atoms with Crippen molar-refractivity contribution in [2.75, 3.05) is 9.80 Å². The van der Waals surface area contributed by atoms with Crippen LogP contribution in [0.2, 0.25) is 0 Å². The second-order valence-corrected chi connectivity index (χ2v) is 15.3. The number of para-hydroxylation sites is 3. The normalized spacial score (nSPS) is 11.3. The number of hydrogen-bond acceptors (Lipinski definition) is 3. The van der Waals surface area contributed by atoms with Gasteiger partial charge in [0.1, 0.15) is 11.2 Å². The van der Waals surface area contributed by atoms with Crippen molar-refractivity contribution < 1.29 is 4.42 Å². The van der Waals surface area contributed by atoms with E-state index < -0.39 is 0 Å². The molecule has 0 amide bonds. The van der Waals surface area contributed by atoms with Crippen LogP contribution in [-0.2, 0) is 0 Å². The van der Waals surface area contributed by atoms with Gasteiger partial charge < -0.3 is 14.2 Å². The highest BCUT2D eigenvalue weighted by atomic mass is 16.3. The molecule has 0 saturated heterocycles. The standard InChI is InChI=1S/C58H40N2O/c1-5-19-41(20-6-1)42-33-36-47(37-34-42)59(52-31-17-15-28-48(52)43-21-7-2-8-22-43)54-39-40-55-56(51-38-35-45-25-13-14-30-50(45)58(51)61-55)57(54)60(46-26-11-4-12-27-46)53-32-18-16-29-49(53)44-23-9-3-10-24-44/h1-40H. The van der Waals surface area contributed by atoms with Crippen LogP contribution in [0, 0.1) is 0 Å². The van der Waals surface area contributed by atoms with Crippen molar-refractivity contribution in [2.24, 2.45) is 0 Å². The number of anilines is 6. The van der Waals surface area contributed by atoms with Crippen LogP contribution in [-0.4, -0.2) is 0 Å². The van der Waals surface area contributed by atoms with Crippen LogP contribution in [0.3, 0.4) is 0 Å². The van der Waals surface area contributed by atoms with Gasteiger partial charge in [-0.2, -0.15) is 0 Å². The fourth-order valence-corrected chi connectivity index (χ4v) is 8.84. The summed E-state index contributed by atoms with van der Waals surface area (Å²) in [6.45, 7) is 0. The molecule has 0 spiro atoms. The third kappa shape index (κ3) is 6.50. The van der Waals surface area contributed by atoms with Crippen LogP contribution in [0.5, 0.6) is 0 Å². The van der Waals surface area contributed by atoms with E-state index >= 15 is 0 Å². The molecule has 3 nitrogen and oxygen atoms in total. The van der Waals surface area contributed by atoms with Gasteiger partial charge in [-0.25, -0.2) is 0 Å². The van der Waals surface area contributed by atoms with Gasteiger partial charge in [0.05, 0.1) is 28.1 Å². The number of benzene rings is 10. The average molecular weight is 781 g/mol. The van der Waals surface area contributed by atoms with Crippen LogP contribution in [0.4, 0.5) is 34.1 Å². The fraction of sp³-hybridized carbons (Fsp3) is 0. The zero-order valence-electron chi connectivity index (χ0n) is 33.4. The smallest absolute Gasteiger partial charge is 0.143 e. The predicted octanol–water partition coefficient (Wildman–Crippen LogP) is 16.7. The highest BCUT2D eigenvalue weighted by Crippen LogP contribution is 2.54. The maximum absolute atomic E-state index is 7.00. The molecule has 11 rings (SSSR count). The lowest BCUT2D eigenvalue weighted by atomic mass is 9.98. The van der Waals surface area contributed by atoms with Crippen LogP contribution in [0.25, 0.3) is 66.1 Å². The lowest BCUT2D eigenvalue weighted by molar-refractivity contribution is 0.672. The topological polar surface area (TPSA) is 19.6 Å². The minimum absolute atomic E-state index is 0.818. The van der Waals surface area contributed by atoms with Gasteiger partial charge in [-0.1, -0.05) is 188 Å². The van der Waals surface area contributed by atoms with Crippen molar-refractivity contribution in [3.05, 3.63) is 243 Å². The van der Waals surface area contributed by atoms with Crippen LogP contribution >= 0.6 is 0 Å². The minimum Gasteiger partial charge on any atom is -0.455 e. The van der Waals surface area contributed by atoms with Gasteiger partial charge >= 0.3 is 0 Å². The number of nitrogens with zero attached hydrogens (tertiary/aromatic N) is 2. The number of rotatable bonds is 9. The first kappa shape index (κ1) is 36.0. The van der Waals surface area contributed by atoms with Crippen molar-refractivity contribution >= 4 is 66.8 Å². The van der Waals surface area contributed by atoms with Gasteiger partial charge in [0, 0.05) is 33.3 Å². The lowest BCUT2D eigenvalue weighted by Crippen LogP contribution is -2.18. The Kier molecular flexibility index (Phi) is 9.18. The van der Waals surface area contributed by atoms with Crippen molar-refractivity contribution in [2.45, 2.75) is 0 Å².